The van der Waals surface area contributed by atoms with Gasteiger partial charge in [-0.1, -0.05) is 208 Å². The minimum Gasteiger partial charge on any atom is -0.458 e. The van der Waals surface area contributed by atoms with E-state index in [0.29, 0.717) is 28.5 Å². The van der Waals surface area contributed by atoms with Crippen LogP contribution in [0.25, 0.3) is 61.2 Å². The lowest BCUT2D eigenvalue weighted by atomic mass is 9.88. The van der Waals surface area contributed by atoms with Crippen LogP contribution in [0.15, 0.2) is 248 Å². The van der Waals surface area contributed by atoms with E-state index in [4.69, 9.17) is 17.9 Å². The standard InChI is InChI=1S/C64H50N4OSi/c1-64(2,3)47-40-41-65-62(42-47)68-57-34-17-16-32-55(57)56-39-38-50(44-60(56)68)69-49-25-20-24-48(43-49)66-45-67(59-36-19-18-35-58(59)66)63-54(46-22-8-4-9-23-46)33-21-37-61(63)70(51-26-10-5-11-27-51,52-28-12-6-13-29-52)53-30-14-7-15-31-53/h4-44H,1-3H3/i4D,5D,6D,7D,8D,9D,10D,11D,12D,13D,14D,15D,22D,23D,26D,27D,28D,29D,30D,31D. The van der Waals surface area contributed by atoms with E-state index in [2.05, 4.69) is 37.7 Å². The number of imidazole rings is 1. The van der Waals surface area contributed by atoms with Gasteiger partial charge in [-0.15, -0.1) is 0 Å². The summed E-state index contributed by atoms with van der Waals surface area (Å²) in [6, 6.07) is 16.8. The summed E-state index contributed by atoms with van der Waals surface area (Å²) in [5.41, 5.74) is 2.63. The van der Waals surface area contributed by atoms with E-state index in [-0.39, 0.29) is 27.4 Å². The molecule has 5 nitrogen and oxygen atoms in total. The molecule has 12 aromatic rings. The monoisotopic (exact) mass is 939 g/mol. The maximum atomic E-state index is 9.84. The summed E-state index contributed by atoms with van der Waals surface area (Å²) in [6.07, 6.45) is 5.17. The molecule has 3 heterocycles. The van der Waals surface area contributed by atoms with Crippen LogP contribution >= 0.6 is 0 Å². The minimum absolute atomic E-state index is 0.170. The lowest BCUT2D eigenvalue weighted by Crippen LogP contribution is -2.76. The molecule has 0 aliphatic rings. The molecule has 0 unspecified atom stereocenters. The zero-order chi connectivity index (χ0) is 64.6. The fraction of sp³-hybridized carbons (Fsp3) is 0.0625. The van der Waals surface area contributed by atoms with Crippen LogP contribution in [0, 0.1) is 6.33 Å². The number of rotatable bonds is 10. The van der Waals surface area contributed by atoms with E-state index in [9.17, 15) is 19.2 Å². The first-order valence-electron chi connectivity index (χ1n) is 32.3. The summed E-state index contributed by atoms with van der Waals surface area (Å²) in [5, 5.41) is -0.824. The first kappa shape index (κ1) is 26.2. The highest BCUT2D eigenvalue weighted by atomic mass is 28.3. The molecule has 336 valence electrons. The zero-order valence-electron chi connectivity index (χ0n) is 57.8. The van der Waals surface area contributed by atoms with Crippen LogP contribution in [0.2, 0.25) is 0 Å². The number of nitrogens with zero attached hydrogens (tertiary/aromatic N) is 4. The van der Waals surface area contributed by atoms with E-state index < -0.39 is 150 Å². The van der Waals surface area contributed by atoms with E-state index in [1.807, 2.05) is 48.5 Å². The molecular weight excluding hydrogens is 869 g/mol. The third kappa shape index (κ3) is 7.32. The normalized spacial score (nSPS) is 15.9. The predicted octanol–water partition coefficient (Wildman–Crippen LogP) is 12.3. The third-order valence-corrected chi connectivity index (χ3v) is 16.6. The van der Waals surface area contributed by atoms with E-state index in [0.717, 1.165) is 27.4 Å². The van der Waals surface area contributed by atoms with Crippen LogP contribution in [0.4, 0.5) is 0 Å². The Bertz CT molecular complexity index is 4790. The molecule has 0 saturated heterocycles. The maximum absolute atomic E-state index is 9.84. The van der Waals surface area contributed by atoms with Crippen LogP contribution in [0.3, 0.4) is 0 Å². The highest BCUT2D eigenvalue weighted by Crippen LogP contribution is 2.36. The summed E-state index contributed by atoms with van der Waals surface area (Å²) in [5.74, 6) is 1.51. The van der Waals surface area contributed by atoms with Crippen molar-refractivity contribution in [1.29, 1.82) is 0 Å². The van der Waals surface area contributed by atoms with Crippen LogP contribution < -0.4 is 30.1 Å². The molecule has 0 aliphatic carbocycles. The first-order chi connectivity index (χ1) is 42.6. The predicted molar refractivity (Wildman–Crippen MR) is 290 cm³/mol. The second kappa shape index (κ2) is 17.5. The highest BCUT2D eigenvalue weighted by molar-refractivity contribution is 7.20. The molecule has 6 heteroatoms. The van der Waals surface area contributed by atoms with Crippen molar-refractivity contribution in [2.24, 2.45) is 0 Å². The zero-order valence-corrected chi connectivity index (χ0v) is 38.8. The number of pyridine rings is 1. The van der Waals surface area contributed by atoms with E-state index in [1.54, 1.807) is 59.3 Å². The summed E-state index contributed by atoms with van der Waals surface area (Å²) in [4.78, 5) is 4.82. The fourth-order valence-corrected chi connectivity index (χ4v) is 13.3. The van der Waals surface area contributed by atoms with Gasteiger partial charge in [0.2, 0.25) is 0 Å². The van der Waals surface area contributed by atoms with Crippen molar-refractivity contribution in [3.05, 3.63) is 260 Å². The fourth-order valence-electron chi connectivity index (χ4n) is 9.27. The Morgan fingerprint density at radius 2 is 1.16 bits per heavy atom. The van der Waals surface area contributed by atoms with Crippen LogP contribution in [0.1, 0.15) is 53.7 Å². The van der Waals surface area contributed by atoms with Crippen molar-refractivity contribution in [2.45, 2.75) is 26.2 Å². The Labute approximate surface area is 437 Å². The molecule has 0 amide bonds. The molecule has 0 fully saturated rings. The van der Waals surface area contributed by atoms with Gasteiger partial charge in [0.1, 0.15) is 17.3 Å². The largest absolute Gasteiger partial charge is 0.458 e. The van der Waals surface area contributed by atoms with Gasteiger partial charge in [-0.2, -0.15) is 0 Å². The molecule has 12 rings (SSSR count). The van der Waals surface area contributed by atoms with Gasteiger partial charge in [-0.05, 0) is 91.4 Å². The van der Waals surface area contributed by atoms with Crippen LogP contribution in [-0.2, 0) is 5.41 Å². The Morgan fingerprint density at radius 1 is 0.557 bits per heavy atom. The SMILES string of the molecule is [2H]c1c([2H])c([2H])c(-c2cccc([Si](c3c([2H])c([2H])c([2H])c([2H])c3[2H])(c3c([2H])c([2H])c([2H])c([2H])c3[2H])c3c([2H])c([2H])c([2H])c([2H])c3[2H])c2-[n+]2[c-]n(-c3cccc(Oc4ccc5c6ccccc6n(-c6cc(C(C)(C)C)ccn6)c5c4)c3)c3ccccc32)c([2H])c1[2H]. The average molecular weight is 939 g/mol. The first-order valence-corrected chi connectivity index (χ1v) is 24.3. The van der Waals surface area contributed by atoms with Gasteiger partial charge in [0.25, 0.3) is 6.33 Å². The van der Waals surface area contributed by atoms with Gasteiger partial charge in [0, 0.05) is 23.0 Å². The quantitative estimate of drug-likeness (QED) is 0.0593. The van der Waals surface area contributed by atoms with Gasteiger partial charge < -0.3 is 4.74 Å². The molecule has 0 bridgehead atoms. The molecule has 9 aromatic carbocycles. The Morgan fingerprint density at radius 3 is 1.84 bits per heavy atom. The number of fused-ring (bicyclic) bond motifs is 4. The molecule has 0 atom stereocenters. The lowest BCUT2D eigenvalue weighted by Gasteiger charge is -2.36. The molecule has 0 saturated carbocycles. The number of aromatic nitrogens is 4. The van der Waals surface area contributed by atoms with Crippen molar-refractivity contribution in [2.75, 3.05) is 0 Å². The van der Waals surface area contributed by atoms with Gasteiger partial charge >= 0.3 is 0 Å². The lowest BCUT2D eigenvalue weighted by molar-refractivity contribution is -0.570. The Kier molecular flexibility index (Phi) is 6.56. The molecule has 3 aromatic heterocycles. The summed E-state index contributed by atoms with van der Waals surface area (Å²) in [6.45, 7) is 6.40. The topological polar surface area (TPSA) is 35.9 Å². The molecular formula is C64H50N4OSi. The smallest absolute Gasteiger partial charge is 0.269 e. The molecule has 0 N–H and O–H groups in total. The molecule has 0 radical (unpaired) electrons. The van der Waals surface area contributed by atoms with Crippen molar-refractivity contribution in [1.82, 2.24) is 14.1 Å². The number of hydrogen-bond donors (Lipinski definition) is 0. The van der Waals surface area contributed by atoms with E-state index >= 15 is 0 Å². The highest BCUT2D eigenvalue weighted by Gasteiger charge is 2.44. The molecule has 0 aliphatic heterocycles. The summed E-state index contributed by atoms with van der Waals surface area (Å²) in [7, 11) is -5.99. The number of ether oxygens (including phenoxy) is 1. The van der Waals surface area contributed by atoms with Crippen molar-refractivity contribution in [3.8, 4) is 39.8 Å². The summed E-state index contributed by atoms with van der Waals surface area (Å²) >= 11 is 0. The van der Waals surface area contributed by atoms with Gasteiger partial charge in [0.05, 0.1) is 60.9 Å². The minimum atomic E-state index is -5.99. The third-order valence-electron chi connectivity index (χ3n) is 12.4. The van der Waals surface area contributed by atoms with Crippen molar-refractivity contribution in [3.63, 3.8) is 0 Å². The van der Waals surface area contributed by atoms with Gasteiger partial charge in [0.15, 0.2) is 8.07 Å². The number of benzene rings is 9. The van der Waals surface area contributed by atoms with Crippen LogP contribution in [-0.4, -0.2) is 22.2 Å². The molecule has 70 heavy (non-hydrogen) atoms. The Balaban J connectivity index is 1.19. The van der Waals surface area contributed by atoms with Crippen LogP contribution in [0.5, 0.6) is 11.5 Å². The van der Waals surface area contributed by atoms with Gasteiger partial charge in [-0.25, -0.2) is 4.98 Å². The van der Waals surface area contributed by atoms with Gasteiger partial charge in [-0.3, -0.25) is 13.7 Å². The van der Waals surface area contributed by atoms with Crippen molar-refractivity contribution >= 4 is 61.7 Å². The van der Waals surface area contributed by atoms with E-state index in [1.165, 1.54) is 22.8 Å². The maximum Gasteiger partial charge on any atom is 0.269 e. The second-order valence-electron chi connectivity index (χ2n) is 17.5. The Hall–Kier alpha value is -8.58. The molecule has 0 spiro atoms. The second-order valence-corrected chi connectivity index (χ2v) is 21.0. The number of para-hydroxylation sites is 4. The average Bonchev–Trinajstić information content (AvgIpc) is 0.714. The summed E-state index contributed by atoms with van der Waals surface area (Å²) < 4.78 is 198. The van der Waals surface area contributed by atoms with Crippen molar-refractivity contribution < 1.29 is 36.7 Å². The number of hydrogen-bond acceptors (Lipinski definition) is 2.